The van der Waals surface area contributed by atoms with Gasteiger partial charge in [0.2, 0.25) is 0 Å². The Morgan fingerprint density at radius 1 is 0.927 bits per heavy atom. The van der Waals surface area contributed by atoms with Gasteiger partial charge in [-0.1, -0.05) is 61.5 Å². The highest BCUT2D eigenvalue weighted by Crippen LogP contribution is 2.37. The minimum Gasteiger partial charge on any atom is -0.371 e. The molecule has 0 spiro atoms. The molecule has 9 nitrogen and oxygen atoms in total. The van der Waals surface area contributed by atoms with E-state index in [0.717, 1.165) is 57.6 Å². The normalized spacial score (nSPS) is 11.7. The van der Waals surface area contributed by atoms with Gasteiger partial charge >= 0.3 is 0 Å². The van der Waals surface area contributed by atoms with E-state index in [1.807, 2.05) is 36.4 Å². The Morgan fingerprint density at radius 2 is 1.68 bits per heavy atom. The second-order valence-electron chi connectivity index (χ2n) is 9.81. The maximum absolute atomic E-state index is 12.9. The number of aromatic nitrogens is 6. The Bertz CT molecular complexity index is 1920. The van der Waals surface area contributed by atoms with Gasteiger partial charge in [0.15, 0.2) is 15.7 Å². The molecule has 0 amide bonds. The first-order valence-corrected chi connectivity index (χ1v) is 15.1. The van der Waals surface area contributed by atoms with Crippen molar-refractivity contribution in [2.75, 3.05) is 11.2 Å². The summed E-state index contributed by atoms with van der Waals surface area (Å²) in [4.78, 5) is 5.24. The van der Waals surface area contributed by atoms with Crippen LogP contribution in [0.5, 0.6) is 0 Å². The lowest BCUT2D eigenvalue weighted by molar-refractivity contribution is 0.598. The van der Waals surface area contributed by atoms with E-state index in [9.17, 15) is 8.42 Å². The first kappa shape index (κ1) is 26.4. The number of benzene rings is 4. The molecule has 0 aliphatic rings. The Kier molecular flexibility index (Phi) is 7.07. The summed E-state index contributed by atoms with van der Waals surface area (Å²) < 4.78 is 27.9. The van der Waals surface area contributed by atoms with E-state index in [0.29, 0.717) is 11.5 Å². The van der Waals surface area contributed by atoms with Crippen LogP contribution in [0.15, 0.2) is 95.9 Å². The molecule has 4 aromatic carbocycles. The molecule has 0 fully saturated rings. The number of tetrazole rings is 1. The van der Waals surface area contributed by atoms with Crippen molar-refractivity contribution < 1.29 is 8.42 Å². The molecule has 2 heterocycles. The van der Waals surface area contributed by atoms with E-state index in [2.05, 4.69) is 68.6 Å². The minimum atomic E-state index is -3.50. The van der Waals surface area contributed by atoms with Crippen molar-refractivity contribution in [1.82, 2.24) is 30.2 Å². The molecule has 2 N–H and O–H groups in total. The van der Waals surface area contributed by atoms with Crippen LogP contribution in [0.1, 0.15) is 24.7 Å². The van der Waals surface area contributed by atoms with Crippen molar-refractivity contribution >= 4 is 26.6 Å². The summed E-state index contributed by atoms with van der Waals surface area (Å²) >= 11 is 0. The molecule has 0 saturated carbocycles. The molecule has 0 unspecified atom stereocenters. The number of H-pyrrole nitrogens is 1. The smallest absolute Gasteiger partial charge is 0.196 e. The van der Waals surface area contributed by atoms with Gasteiger partial charge in [0, 0.05) is 17.7 Å². The monoisotopic (exact) mass is 563 g/mol. The summed E-state index contributed by atoms with van der Waals surface area (Å²) in [6.07, 6.45) is 1.70. The summed E-state index contributed by atoms with van der Waals surface area (Å²) in [6, 6.07) is 28.6. The van der Waals surface area contributed by atoms with Gasteiger partial charge in [-0.15, -0.1) is 5.10 Å². The zero-order valence-corrected chi connectivity index (χ0v) is 23.6. The number of nitrogens with one attached hydrogen (secondary N) is 2. The van der Waals surface area contributed by atoms with Gasteiger partial charge in [0.05, 0.1) is 21.6 Å². The first-order valence-electron chi connectivity index (χ1n) is 13.4. The fourth-order valence-corrected chi connectivity index (χ4v) is 6.25. The van der Waals surface area contributed by atoms with Crippen LogP contribution in [0.4, 0.5) is 5.69 Å². The van der Waals surface area contributed by atoms with Crippen LogP contribution in [-0.4, -0.2) is 44.5 Å². The summed E-state index contributed by atoms with van der Waals surface area (Å²) in [5.41, 5.74) is 7.34. The molecule has 0 radical (unpaired) electrons. The van der Waals surface area contributed by atoms with E-state index in [4.69, 9.17) is 4.98 Å². The average Bonchev–Trinajstić information content (AvgIpc) is 3.65. The maximum Gasteiger partial charge on any atom is 0.196 e. The molecule has 206 valence electrons. The number of hydrogen-bond donors (Lipinski definition) is 2. The van der Waals surface area contributed by atoms with Gasteiger partial charge < -0.3 is 5.32 Å². The predicted molar refractivity (Wildman–Crippen MR) is 161 cm³/mol. The number of anilines is 1. The van der Waals surface area contributed by atoms with Gasteiger partial charge in [-0.25, -0.2) is 18.5 Å². The molecule has 0 atom stereocenters. The van der Waals surface area contributed by atoms with E-state index in [-0.39, 0.29) is 10.8 Å². The lowest BCUT2D eigenvalue weighted by Gasteiger charge is -2.18. The molecular weight excluding hydrogens is 534 g/mol. The van der Waals surface area contributed by atoms with Crippen molar-refractivity contribution in [3.05, 3.63) is 102 Å². The number of hydrogen-bond acceptors (Lipinski definition) is 7. The second-order valence-corrected chi connectivity index (χ2v) is 11.8. The number of aromatic amines is 1. The molecule has 2 aromatic heterocycles. The highest BCUT2D eigenvalue weighted by molar-refractivity contribution is 7.91. The average molecular weight is 564 g/mol. The molecular formula is C31H29N7O2S. The molecule has 6 aromatic rings. The van der Waals surface area contributed by atoms with Crippen LogP contribution < -0.4 is 5.32 Å². The number of fused-ring (bicyclic) bond motifs is 1. The molecule has 0 saturated heterocycles. The second kappa shape index (κ2) is 11.0. The Morgan fingerprint density at radius 3 is 2.39 bits per heavy atom. The predicted octanol–water partition coefficient (Wildman–Crippen LogP) is 5.98. The van der Waals surface area contributed by atoms with Crippen molar-refractivity contribution in [2.45, 2.75) is 31.6 Å². The Balaban J connectivity index is 1.47. The molecule has 6 rings (SSSR count). The van der Waals surface area contributed by atoms with Crippen molar-refractivity contribution in [1.29, 1.82) is 0 Å². The highest BCUT2D eigenvalue weighted by Gasteiger charge is 2.21. The fourth-order valence-electron chi connectivity index (χ4n) is 5.16. The lowest BCUT2D eigenvalue weighted by Crippen LogP contribution is -2.14. The van der Waals surface area contributed by atoms with Crippen LogP contribution in [0.2, 0.25) is 0 Å². The van der Waals surface area contributed by atoms with Gasteiger partial charge in [0.1, 0.15) is 11.7 Å². The number of nitrogens with zero attached hydrogens (tertiary/aromatic N) is 5. The topological polar surface area (TPSA) is 118 Å². The molecule has 0 bridgehead atoms. The van der Waals surface area contributed by atoms with Crippen LogP contribution in [0.25, 0.3) is 39.2 Å². The van der Waals surface area contributed by atoms with Crippen LogP contribution in [-0.2, 0) is 16.3 Å². The van der Waals surface area contributed by atoms with Gasteiger partial charge in [-0.05, 0) is 76.9 Å². The van der Waals surface area contributed by atoms with Crippen LogP contribution >= 0.6 is 0 Å². The summed E-state index contributed by atoms with van der Waals surface area (Å²) in [5.74, 6) is 1.29. The summed E-state index contributed by atoms with van der Waals surface area (Å²) in [7, 11) is -3.50. The third-order valence-corrected chi connectivity index (χ3v) is 8.63. The number of rotatable bonds is 9. The van der Waals surface area contributed by atoms with Crippen LogP contribution in [0.3, 0.4) is 0 Å². The third kappa shape index (κ3) is 5.09. The zero-order chi connectivity index (χ0) is 28.4. The highest BCUT2D eigenvalue weighted by atomic mass is 32.2. The van der Waals surface area contributed by atoms with Crippen molar-refractivity contribution in [3.63, 3.8) is 0 Å². The Hall–Kier alpha value is -4.83. The zero-order valence-electron chi connectivity index (χ0n) is 22.7. The third-order valence-electron chi connectivity index (χ3n) is 7.11. The minimum absolute atomic E-state index is 0.216. The molecule has 0 aliphatic heterocycles. The first-order chi connectivity index (χ1) is 20.0. The van der Waals surface area contributed by atoms with Gasteiger partial charge in [0.25, 0.3) is 0 Å². The maximum atomic E-state index is 12.9. The van der Waals surface area contributed by atoms with E-state index < -0.39 is 9.84 Å². The largest absolute Gasteiger partial charge is 0.371 e. The van der Waals surface area contributed by atoms with E-state index in [1.165, 1.54) is 0 Å². The molecule has 10 heteroatoms. The van der Waals surface area contributed by atoms with E-state index >= 15 is 0 Å². The number of imidazole rings is 1. The SMILES string of the molecule is CCCc1nc2ccc(NCS(=O)(=O)c3ccccc3)cc2n1-c1ccc(-c2ccccc2)c(-c2nnn[nH]2)c1C. The summed E-state index contributed by atoms with van der Waals surface area (Å²) in [6.45, 7) is 4.19. The van der Waals surface area contributed by atoms with Crippen molar-refractivity contribution in [3.8, 4) is 28.2 Å². The number of aryl methyl sites for hydroxylation is 1. The number of sulfone groups is 1. The van der Waals surface area contributed by atoms with Crippen molar-refractivity contribution in [2.24, 2.45) is 0 Å². The molecule has 41 heavy (non-hydrogen) atoms. The molecule has 0 aliphatic carbocycles. The quantitative estimate of drug-likeness (QED) is 0.222. The lowest BCUT2D eigenvalue weighted by atomic mass is 9.94. The van der Waals surface area contributed by atoms with Gasteiger partial charge in [-0.2, -0.15) is 0 Å². The fraction of sp³-hybridized carbons (Fsp3) is 0.161. The van der Waals surface area contributed by atoms with Gasteiger partial charge in [-0.3, -0.25) is 4.57 Å². The van der Waals surface area contributed by atoms with E-state index in [1.54, 1.807) is 30.3 Å². The standard InChI is InChI=1S/C31H29N7O2S/c1-3-10-29-33-26-17-15-23(32-20-41(39,40)24-13-8-5-9-14-24)19-28(26)38(29)27-18-16-25(22-11-6-4-7-12-22)30(21(27)2)31-34-36-37-35-31/h4-9,11-19,32H,3,10,20H2,1-2H3,(H,34,35,36,37). The summed E-state index contributed by atoms with van der Waals surface area (Å²) in [5, 5.41) is 18.0. The van der Waals surface area contributed by atoms with Crippen LogP contribution in [0, 0.1) is 6.92 Å². The Labute approximate surface area is 238 Å².